The van der Waals surface area contributed by atoms with Crippen LogP contribution in [0.3, 0.4) is 0 Å². The van der Waals surface area contributed by atoms with Crippen LogP contribution in [0.1, 0.15) is 5.56 Å². The molecule has 3 rings (SSSR count). The second-order valence-electron chi connectivity index (χ2n) is 5.38. The summed E-state index contributed by atoms with van der Waals surface area (Å²) >= 11 is 2.87. The second-order valence-corrected chi connectivity index (χ2v) is 7.46. The summed E-state index contributed by atoms with van der Waals surface area (Å²) in [4.78, 5) is 16.4. The summed E-state index contributed by atoms with van der Waals surface area (Å²) < 4.78 is 5.80. The molecule has 0 aliphatic carbocycles. The van der Waals surface area contributed by atoms with Crippen LogP contribution in [0, 0.1) is 0 Å². The number of hydrazone groups is 1. The number of thiazole rings is 1. The number of methoxy groups -OCH3 is 1. The van der Waals surface area contributed by atoms with E-state index in [0.717, 1.165) is 15.6 Å². The summed E-state index contributed by atoms with van der Waals surface area (Å²) in [6.07, 6.45) is 1.46. The maximum atomic E-state index is 11.9. The Balaban J connectivity index is 1.49. The average Bonchev–Trinajstić information content (AvgIpc) is 3.16. The zero-order valence-corrected chi connectivity index (χ0v) is 16.1. The van der Waals surface area contributed by atoms with Crippen LogP contribution in [0.15, 0.2) is 63.4 Å². The van der Waals surface area contributed by atoms with E-state index in [1.807, 2.05) is 35.7 Å². The molecule has 1 amide bonds. The molecule has 0 spiro atoms. The quantitative estimate of drug-likeness (QED) is 0.359. The summed E-state index contributed by atoms with van der Waals surface area (Å²) in [6, 6.07) is 14.8. The highest BCUT2D eigenvalue weighted by atomic mass is 32.2. The molecule has 0 radical (unpaired) electrons. The summed E-state index contributed by atoms with van der Waals surface area (Å²) in [7, 11) is 1.48. The summed E-state index contributed by atoms with van der Waals surface area (Å²) in [5, 5.41) is 15.6. The first-order valence-electron chi connectivity index (χ1n) is 7.98. The van der Waals surface area contributed by atoms with Gasteiger partial charge in [0.15, 0.2) is 15.8 Å². The van der Waals surface area contributed by atoms with Crippen LogP contribution in [0.4, 0.5) is 0 Å². The standard InChI is InChI=1S/C19H17N3O3S2/c1-25-17-8-7-13(9-16(17)23)10-20-22-18(24)12-27-19-21-15(11-26-19)14-5-3-2-4-6-14/h2-11,23H,12H2,1H3,(H,22,24). The number of aromatic hydroxyl groups is 1. The van der Waals surface area contributed by atoms with Crippen LogP contribution in [-0.2, 0) is 4.79 Å². The molecule has 0 fully saturated rings. The number of amides is 1. The van der Waals surface area contributed by atoms with Crippen molar-refractivity contribution in [2.75, 3.05) is 12.9 Å². The maximum Gasteiger partial charge on any atom is 0.250 e. The third kappa shape index (κ3) is 5.32. The molecule has 0 unspecified atom stereocenters. The highest BCUT2D eigenvalue weighted by Crippen LogP contribution is 2.28. The number of carbonyl (C=O) groups excluding carboxylic acids is 1. The Labute approximate surface area is 164 Å². The van der Waals surface area contributed by atoms with Crippen molar-refractivity contribution < 1.29 is 14.6 Å². The largest absolute Gasteiger partial charge is 0.504 e. The Bertz CT molecular complexity index is 942. The van der Waals surface area contributed by atoms with E-state index in [2.05, 4.69) is 15.5 Å². The molecule has 2 aromatic carbocycles. The molecule has 6 nitrogen and oxygen atoms in total. The normalized spacial score (nSPS) is 10.9. The molecular weight excluding hydrogens is 382 g/mol. The van der Waals surface area contributed by atoms with Gasteiger partial charge in [-0.05, 0) is 23.8 Å². The van der Waals surface area contributed by atoms with Crippen LogP contribution in [0.25, 0.3) is 11.3 Å². The molecule has 0 saturated heterocycles. The Kier molecular flexibility index (Phi) is 6.45. The number of ether oxygens (including phenoxy) is 1. The molecule has 138 valence electrons. The van der Waals surface area contributed by atoms with Gasteiger partial charge < -0.3 is 9.84 Å². The number of nitrogens with one attached hydrogen (secondary N) is 1. The maximum absolute atomic E-state index is 11.9. The van der Waals surface area contributed by atoms with Gasteiger partial charge in [-0.2, -0.15) is 5.10 Å². The molecule has 27 heavy (non-hydrogen) atoms. The van der Waals surface area contributed by atoms with E-state index in [9.17, 15) is 9.90 Å². The van der Waals surface area contributed by atoms with E-state index in [4.69, 9.17) is 4.74 Å². The fraction of sp³-hybridized carbons (Fsp3) is 0.105. The topological polar surface area (TPSA) is 83.8 Å². The lowest BCUT2D eigenvalue weighted by Gasteiger charge is -2.03. The van der Waals surface area contributed by atoms with E-state index < -0.39 is 0 Å². The van der Waals surface area contributed by atoms with Crippen molar-refractivity contribution >= 4 is 35.2 Å². The number of carbonyl (C=O) groups is 1. The minimum atomic E-state index is -0.231. The van der Waals surface area contributed by atoms with Crippen molar-refractivity contribution in [2.24, 2.45) is 5.10 Å². The number of rotatable bonds is 7. The monoisotopic (exact) mass is 399 g/mol. The van der Waals surface area contributed by atoms with Gasteiger partial charge >= 0.3 is 0 Å². The van der Waals surface area contributed by atoms with Gasteiger partial charge in [-0.15, -0.1) is 11.3 Å². The number of thioether (sulfide) groups is 1. The molecule has 0 aliphatic heterocycles. The van der Waals surface area contributed by atoms with Crippen LogP contribution in [0.2, 0.25) is 0 Å². The number of phenolic OH excluding ortho intramolecular Hbond substituents is 1. The van der Waals surface area contributed by atoms with Crippen molar-refractivity contribution in [3.05, 3.63) is 59.5 Å². The van der Waals surface area contributed by atoms with Crippen molar-refractivity contribution in [3.63, 3.8) is 0 Å². The van der Waals surface area contributed by atoms with Crippen LogP contribution in [0.5, 0.6) is 11.5 Å². The van der Waals surface area contributed by atoms with Gasteiger partial charge in [0.05, 0.1) is 24.8 Å². The van der Waals surface area contributed by atoms with E-state index in [1.165, 1.54) is 42.5 Å². The lowest BCUT2D eigenvalue weighted by Crippen LogP contribution is -2.19. The zero-order valence-electron chi connectivity index (χ0n) is 14.5. The summed E-state index contributed by atoms with van der Waals surface area (Å²) in [5.74, 6) is 0.380. The molecule has 0 aliphatic rings. The van der Waals surface area contributed by atoms with E-state index >= 15 is 0 Å². The number of phenols is 1. The SMILES string of the molecule is COc1ccc(C=NNC(=O)CSc2nc(-c3ccccc3)cs2)cc1O. The molecular formula is C19H17N3O3S2. The third-order valence-corrected chi connectivity index (χ3v) is 5.51. The fourth-order valence-electron chi connectivity index (χ4n) is 2.19. The highest BCUT2D eigenvalue weighted by molar-refractivity contribution is 8.01. The predicted molar refractivity (Wildman–Crippen MR) is 109 cm³/mol. The number of aromatic nitrogens is 1. The smallest absolute Gasteiger partial charge is 0.250 e. The summed E-state index contributed by atoms with van der Waals surface area (Å²) in [5.41, 5.74) is 5.07. The molecule has 8 heteroatoms. The van der Waals surface area contributed by atoms with Crippen molar-refractivity contribution in [1.29, 1.82) is 0 Å². The molecule has 0 bridgehead atoms. The number of hydrogen-bond acceptors (Lipinski definition) is 7. The van der Waals surface area contributed by atoms with Crippen LogP contribution < -0.4 is 10.2 Å². The first kappa shape index (κ1) is 18.9. The van der Waals surface area contributed by atoms with E-state index in [0.29, 0.717) is 11.3 Å². The number of hydrogen-bond donors (Lipinski definition) is 2. The van der Waals surface area contributed by atoms with Gasteiger partial charge in [-0.3, -0.25) is 4.79 Å². The third-order valence-electron chi connectivity index (χ3n) is 3.49. The Morgan fingerprint density at radius 3 is 2.89 bits per heavy atom. The molecule has 3 aromatic rings. The molecule has 1 heterocycles. The van der Waals surface area contributed by atoms with Crippen molar-refractivity contribution in [3.8, 4) is 22.8 Å². The summed E-state index contributed by atoms with van der Waals surface area (Å²) in [6.45, 7) is 0. The van der Waals surface area contributed by atoms with Crippen LogP contribution in [-0.4, -0.2) is 35.1 Å². The lowest BCUT2D eigenvalue weighted by atomic mass is 10.2. The average molecular weight is 399 g/mol. The van der Waals surface area contributed by atoms with Gasteiger partial charge in [0.1, 0.15) is 0 Å². The van der Waals surface area contributed by atoms with Gasteiger partial charge in [0.25, 0.3) is 5.91 Å². The minimum Gasteiger partial charge on any atom is -0.504 e. The van der Waals surface area contributed by atoms with Crippen molar-refractivity contribution in [2.45, 2.75) is 4.34 Å². The van der Waals surface area contributed by atoms with Gasteiger partial charge in [0.2, 0.25) is 0 Å². The Morgan fingerprint density at radius 2 is 2.15 bits per heavy atom. The Morgan fingerprint density at radius 1 is 1.33 bits per heavy atom. The molecule has 0 atom stereocenters. The van der Waals surface area contributed by atoms with Gasteiger partial charge in [-0.1, -0.05) is 42.1 Å². The molecule has 1 aromatic heterocycles. The van der Waals surface area contributed by atoms with E-state index in [-0.39, 0.29) is 17.4 Å². The fourth-order valence-corrected chi connectivity index (χ4v) is 3.82. The second kappa shape index (κ2) is 9.20. The Hall–Kier alpha value is -2.84. The van der Waals surface area contributed by atoms with Gasteiger partial charge in [-0.25, -0.2) is 10.4 Å². The van der Waals surface area contributed by atoms with Gasteiger partial charge in [0, 0.05) is 10.9 Å². The first-order valence-corrected chi connectivity index (χ1v) is 9.85. The number of benzene rings is 2. The first-order chi connectivity index (χ1) is 13.2. The zero-order chi connectivity index (χ0) is 19.1. The number of nitrogens with zero attached hydrogens (tertiary/aromatic N) is 2. The highest BCUT2D eigenvalue weighted by Gasteiger charge is 2.07. The van der Waals surface area contributed by atoms with E-state index in [1.54, 1.807) is 12.1 Å². The molecule has 2 N–H and O–H groups in total. The van der Waals surface area contributed by atoms with Crippen LogP contribution >= 0.6 is 23.1 Å². The lowest BCUT2D eigenvalue weighted by molar-refractivity contribution is -0.118. The minimum absolute atomic E-state index is 0.0151. The van der Waals surface area contributed by atoms with Crippen molar-refractivity contribution in [1.82, 2.24) is 10.4 Å². The predicted octanol–water partition coefficient (Wildman–Crippen LogP) is 3.77. The molecule has 0 saturated carbocycles.